The van der Waals surface area contributed by atoms with Crippen LogP contribution in [-0.4, -0.2) is 4.98 Å². The number of rotatable bonds is 0. The molecule has 0 aliphatic carbocycles. The Morgan fingerprint density at radius 1 is 1.67 bits per heavy atom. The van der Waals surface area contributed by atoms with Gasteiger partial charge in [0.15, 0.2) is 0 Å². The van der Waals surface area contributed by atoms with Gasteiger partial charge in [0.2, 0.25) is 0 Å². The SMILES string of the molecule is Fc1cc[nH]c1. The molecule has 0 aliphatic heterocycles. The number of H-pyrrole nitrogens is 1. The van der Waals surface area contributed by atoms with Gasteiger partial charge in [0.05, 0.1) is 0 Å². The molecule has 0 radical (unpaired) electrons. The molecule has 0 saturated carbocycles. The Hall–Kier alpha value is -0.790. The molecule has 2 heteroatoms. The molecule has 0 bridgehead atoms. The number of nitrogens with one attached hydrogen (secondary N) is 1. The van der Waals surface area contributed by atoms with E-state index in [9.17, 15) is 4.39 Å². The number of hydrogen-bond donors (Lipinski definition) is 1. The van der Waals surface area contributed by atoms with E-state index in [1.807, 2.05) is 0 Å². The highest BCUT2D eigenvalue weighted by Crippen LogP contribution is 1.88. The Morgan fingerprint density at radius 2 is 2.50 bits per heavy atom. The molecule has 1 aromatic heterocycles. The minimum absolute atomic E-state index is 0.213. The number of halogens is 1. The van der Waals surface area contributed by atoms with E-state index in [4.69, 9.17) is 0 Å². The van der Waals surface area contributed by atoms with Gasteiger partial charge in [-0.2, -0.15) is 0 Å². The van der Waals surface area contributed by atoms with Crippen molar-refractivity contribution in [2.75, 3.05) is 0 Å². The zero-order valence-electron chi connectivity index (χ0n) is 3.11. The fourth-order valence-corrected chi connectivity index (χ4v) is 0.304. The maximum atomic E-state index is 11.6. The highest BCUT2D eigenvalue weighted by molar-refractivity contribution is 4.89. The lowest BCUT2D eigenvalue weighted by Gasteiger charge is -1.60. The zero-order valence-corrected chi connectivity index (χ0v) is 3.11. The lowest BCUT2D eigenvalue weighted by atomic mass is 10.6. The minimum Gasteiger partial charge on any atom is -0.365 e. The summed E-state index contributed by atoms with van der Waals surface area (Å²) in [5.74, 6) is -0.213. The second kappa shape index (κ2) is 1.12. The van der Waals surface area contributed by atoms with Crippen LogP contribution in [0.2, 0.25) is 0 Å². The first-order valence-corrected chi connectivity index (χ1v) is 1.68. The summed E-state index contributed by atoms with van der Waals surface area (Å²) in [5.41, 5.74) is 0. The molecular weight excluding hydrogens is 81.0 g/mol. The van der Waals surface area contributed by atoms with Crippen LogP contribution in [0.25, 0.3) is 0 Å². The average Bonchev–Trinajstić information content (AvgIpc) is 1.86. The molecule has 1 N–H and O–H groups in total. The first-order valence-electron chi connectivity index (χ1n) is 1.68. The van der Waals surface area contributed by atoms with Crippen molar-refractivity contribution in [2.24, 2.45) is 0 Å². The van der Waals surface area contributed by atoms with Crippen LogP contribution in [0.15, 0.2) is 18.5 Å². The third kappa shape index (κ3) is 0.407. The fourth-order valence-electron chi connectivity index (χ4n) is 0.304. The first-order chi connectivity index (χ1) is 2.89. The topological polar surface area (TPSA) is 15.8 Å². The van der Waals surface area contributed by atoms with Crippen molar-refractivity contribution in [1.29, 1.82) is 0 Å². The summed E-state index contributed by atoms with van der Waals surface area (Å²) >= 11 is 0. The molecule has 6 heavy (non-hydrogen) atoms. The molecule has 0 spiro atoms. The summed E-state index contributed by atoms with van der Waals surface area (Å²) in [7, 11) is 0. The summed E-state index contributed by atoms with van der Waals surface area (Å²) < 4.78 is 11.6. The summed E-state index contributed by atoms with van der Waals surface area (Å²) in [6, 6.07) is 1.36. The van der Waals surface area contributed by atoms with Crippen LogP contribution < -0.4 is 0 Å². The molecular formula is C4H4FN. The van der Waals surface area contributed by atoms with E-state index in [-0.39, 0.29) is 5.82 Å². The van der Waals surface area contributed by atoms with Gasteiger partial charge in [-0.3, -0.25) is 0 Å². The van der Waals surface area contributed by atoms with Crippen molar-refractivity contribution in [2.45, 2.75) is 0 Å². The van der Waals surface area contributed by atoms with E-state index in [1.165, 1.54) is 18.5 Å². The largest absolute Gasteiger partial charge is 0.365 e. The standard InChI is InChI=1S/C4H4FN/c5-4-1-2-6-3-4/h1-3,6H. The molecule has 32 valence electrons. The van der Waals surface area contributed by atoms with Gasteiger partial charge in [0.1, 0.15) is 5.82 Å². The molecule has 0 amide bonds. The van der Waals surface area contributed by atoms with Crippen molar-refractivity contribution in [1.82, 2.24) is 4.98 Å². The highest BCUT2D eigenvalue weighted by Gasteiger charge is 1.78. The van der Waals surface area contributed by atoms with Crippen molar-refractivity contribution in [3.8, 4) is 0 Å². The van der Waals surface area contributed by atoms with Crippen LogP contribution in [0.3, 0.4) is 0 Å². The molecule has 1 heterocycles. The Labute approximate surface area is 34.8 Å². The predicted octanol–water partition coefficient (Wildman–Crippen LogP) is 1.15. The van der Waals surface area contributed by atoms with Gasteiger partial charge in [0, 0.05) is 12.4 Å². The van der Waals surface area contributed by atoms with E-state index in [0.717, 1.165) is 0 Å². The van der Waals surface area contributed by atoms with Crippen molar-refractivity contribution < 1.29 is 4.39 Å². The van der Waals surface area contributed by atoms with E-state index >= 15 is 0 Å². The van der Waals surface area contributed by atoms with Gasteiger partial charge in [-0.25, -0.2) is 4.39 Å². The molecule has 0 fully saturated rings. The van der Waals surface area contributed by atoms with E-state index in [2.05, 4.69) is 4.98 Å². The highest BCUT2D eigenvalue weighted by atomic mass is 19.1. The Balaban J connectivity index is 3.05. The average molecular weight is 85.1 g/mol. The summed E-state index contributed by atoms with van der Waals surface area (Å²) in [6.45, 7) is 0. The van der Waals surface area contributed by atoms with Crippen LogP contribution in [0.1, 0.15) is 0 Å². The molecule has 0 saturated heterocycles. The maximum absolute atomic E-state index is 11.6. The smallest absolute Gasteiger partial charge is 0.140 e. The zero-order chi connectivity index (χ0) is 4.41. The summed E-state index contributed by atoms with van der Waals surface area (Å²) in [5, 5.41) is 0. The lowest BCUT2D eigenvalue weighted by molar-refractivity contribution is 0.630. The Bertz CT molecular complexity index is 111. The number of aromatic nitrogens is 1. The van der Waals surface area contributed by atoms with Gasteiger partial charge >= 0.3 is 0 Å². The minimum atomic E-state index is -0.213. The molecule has 0 atom stereocenters. The van der Waals surface area contributed by atoms with E-state index in [1.54, 1.807) is 0 Å². The number of aromatic amines is 1. The second-order valence-corrected chi connectivity index (χ2v) is 1.03. The van der Waals surface area contributed by atoms with Crippen LogP contribution in [0, 0.1) is 5.82 Å². The normalized spacial score (nSPS) is 8.83. The summed E-state index contributed by atoms with van der Waals surface area (Å²) in [4.78, 5) is 2.55. The molecule has 1 nitrogen and oxygen atoms in total. The maximum Gasteiger partial charge on any atom is 0.140 e. The first kappa shape index (κ1) is 3.40. The van der Waals surface area contributed by atoms with Gasteiger partial charge < -0.3 is 4.98 Å². The second-order valence-electron chi connectivity index (χ2n) is 1.03. The van der Waals surface area contributed by atoms with Crippen LogP contribution >= 0.6 is 0 Å². The summed E-state index contributed by atoms with van der Waals surface area (Å²) in [6.07, 6.45) is 2.83. The predicted molar refractivity (Wildman–Crippen MR) is 20.8 cm³/mol. The van der Waals surface area contributed by atoms with Crippen LogP contribution in [-0.2, 0) is 0 Å². The monoisotopic (exact) mass is 85.0 g/mol. The van der Waals surface area contributed by atoms with Gasteiger partial charge in [-0.1, -0.05) is 0 Å². The Morgan fingerprint density at radius 3 is 2.67 bits per heavy atom. The van der Waals surface area contributed by atoms with Gasteiger partial charge in [0.25, 0.3) is 0 Å². The fraction of sp³-hybridized carbons (Fsp3) is 0. The number of hydrogen-bond acceptors (Lipinski definition) is 0. The third-order valence-electron chi connectivity index (χ3n) is 0.560. The van der Waals surface area contributed by atoms with Gasteiger partial charge in [-0.15, -0.1) is 0 Å². The van der Waals surface area contributed by atoms with E-state index < -0.39 is 0 Å². The van der Waals surface area contributed by atoms with Crippen LogP contribution in [0.5, 0.6) is 0 Å². The molecule has 1 rings (SSSR count). The molecule has 0 aromatic carbocycles. The van der Waals surface area contributed by atoms with Gasteiger partial charge in [-0.05, 0) is 6.07 Å². The van der Waals surface area contributed by atoms with Crippen molar-refractivity contribution in [3.63, 3.8) is 0 Å². The van der Waals surface area contributed by atoms with Crippen molar-refractivity contribution >= 4 is 0 Å². The van der Waals surface area contributed by atoms with E-state index in [0.29, 0.717) is 0 Å². The Kier molecular flexibility index (Phi) is 0.638. The lowest BCUT2D eigenvalue weighted by Crippen LogP contribution is -1.51. The molecule has 1 aromatic rings. The molecule has 0 aliphatic rings. The van der Waals surface area contributed by atoms with Crippen LogP contribution in [0.4, 0.5) is 4.39 Å². The third-order valence-corrected chi connectivity index (χ3v) is 0.560. The van der Waals surface area contributed by atoms with Crippen molar-refractivity contribution in [3.05, 3.63) is 24.3 Å². The molecule has 0 unspecified atom stereocenters. The quantitative estimate of drug-likeness (QED) is 0.486.